The molecule has 0 spiro atoms. The Hall–Kier alpha value is -1.67. The van der Waals surface area contributed by atoms with E-state index in [-0.39, 0.29) is 18.0 Å². The van der Waals surface area contributed by atoms with Crippen LogP contribution in [-0.4, -0.2) is 38.0 Å². The Bertz CT molecular complexity index is 740. The first kappa shape index (κ1) is 17.7. The normalized spacial score (nSPS) is 12.0. The highest BCUT2D eigenvalue weighted by atomic mass is 32.2. The number of benzene rings is 1. The Morgan fingerprint density at radius 3 is 2.57 bits per heavy atom. The van der Waals surface area contributed by atoms with Crippen LogP contribution in [0.3, 0.4) is 0 Å². The molecule has 6 nitrogen and oxygen atoms in total. The number of nitrogens with one attached hydrogen (secondary N) is 1. The lowest BCUT2D eigenvalue weighted by Gasteiger charge is -2.18. The number of rotatable bonds is 8. The van der Waals surface area contributed by atoms with E-state index in [2.05, 4.69) is 5.32 Å². The molecule has 0 bridgehead atoms. The molecule has 2 N–H and O–H groups in total. The number of furan rings is 1. The second-order valence-corrected chi connectivity index (χ2v) is 7.29. The van der Waals surface area contributed by atoms with Crippen molar-refractivity contribution < 1.29 is 17.9 Å². The van der Waals surface area contributed by atoms with Crippen molar-refractivity contribution in [1.29, 1.82) is 0 Å². The van der Waals surface area contributed by atoms with Gasteiger partial charge < -0.3 is 14.8 Å². The lowest BCUT2D eigenvalue weighted by molar-refractivity contribution is 0.266. The fraction of sp³-hybridized carbons (Fsp3) is 0.375. The second kappa shape index (κ2) is 7.74. The maximum atomic E-state index is 12.5. The third-order valence-electron chi connectivity index (χ3n) is 3.49. The highest BCUT2D eigenvalue weighted by Crippen LogP contribution is 2.19. The minimum absolute atomic E-state index is 0.0652. The molecule has 2 aromatic rings. The first-order chi connectivity index (χ1) is 10.9. The van der Waals surface area contributed by atoms with E-state index in [1.807, 2.05) is 19.1 Å². The topological polar surface area (TPSA) is 82.8 Å². The Balaban J connectivity index is 2.11. The molecule has 0 fully saturated rings. The summed E-state index contributed by atoms with van der Waals surface area (Å²) in [4.78, 5) is 0.249. The smallest absolute Gasteiger partial charge is 0.243 e. The molecule has 0 aliphatic carbocycles. The number of nitrogens with zero attached hydrogens (tertiary/aromatic N) is 1. The lowest BCUT2D eigenvalue weighted by atomic mass is 10.2. The summed E-state index contributed by atoms with van der Waals surface area (Å²) in [6, 6.07) is 10.6. The van der Waals surface area contributed by atoms with Crippen molar-refractivity contribution >= 4 is 10.0 Å². The Morgan fingerprint density at radius 2 is 1.91 bits per heavy atom. The van der Waals surface area contributed by atoms with E-state index in [4.69, 9.17) is 9.52 Å². The predicted octanol–water partition coefficient (Wildman–Crippen LogP) is 1.49. The third kappa shape index (κ3) is 4.42. The van der Waals surface area contributed by atoms with Crippen LogP contribution < -0.4 is 5.32 Å². The molecule has 2 rings (SSSR count). The molecule has 1 aromatic carbocycles. The fourth-order valence-electron chi connectivity index (χ4n) is 2.23. The van der Waals surface area contributed by atoms with E-state index in [0.29, 0.717) is 18.7 Å². The molecule has 0 saturated carbocycles. The van der Waals surface area contributed by atoms with E-state index >= 15 is 0 Å². The standard InChI is InChI=1S/C16H22N2O4S/c1-13-7-8-15(22-13)12-17-11-14-5-3-4-6-16(14)23(20,21)18(2)9-10-19/h3-8,17,19H,9-12H2,1-2H3. The molecule has 0 saturated heterocycles. The quantitative estimate of drug-likeness (QED) is 0.762. The molecule has 1 aromatic heterocycles. The third-order valence-corrected chi connectivity index (χ3v) is 5.44. The molecule has 0 radical (unpaired) electrons. The summed E-state index contributed by atoms with van der Waals surface area (Å²) < 4.78 is 31.7. The number of aliphatic hydroxyl groups is 1. The minimum Gasteiger partial charge on any atom is -0.465 e. The van der Waals surface area contributed by atoms with Crippen molar-refractivity contribution in [3.8, 4) is 0 Å². The van der Waals surface area contributed by atoms with Gasteiger partial charge in [-0.25, -0.2) is 8.42 Å². The van der Waals surface area contributed by atoms with Crippen molar-refractivity contribution in [2.24, 2.45) is 0 Å². The molecule has 0 unspecified atom stereocenters. The summed E-state index contributed by atoms with van der Waals surface area (Å²) in [6.07, 6.45) is 0. The van der Waals surface area contributed by atoms with Gasteiger partial charge in [0.25, 0.3) is 0 Å². The highest BCUT2D eigenvalue weighted by molar-refractivity contribution is 7.89. The zero-order valence-electron chi connectivity index (χ0n) is 13.3. The van der Waals surface area contributed by atoms with Gasteiger partial charge in [-0.1, -0.05) is 18.2 Å². The fourth-order valence-corrected chi connectivity index (χ4v) is 3.61. The predicted molar refractivity (Wildman–Crippen MR) is 87.3 cm³/mol. The van der Waals surface area contributed by atoms with Crippen molar-refractivity contribution in [3.05, 3.63) is 53.5 Å². The van der Waals surface area contributed by atoms with Crippen LogP contribution >= 0.6 is 0 Å². The number of likely N-dealkylation sites (N-methyl/N-ethyl adjacent to an activating group) is 1. The SMILES string of the molecule is Cc1ccc(CNCc2ccccc2S(=O)(=O)N(C)CCO)o1. The summed E-state index contributed by atoms with van der Waals surface area (Å²) in [5.41, 5.74) is 0.681. The average Bonchev–Trinajstić information content (AvgIpc) is 2.93. The van der Waals surface area contributed by atoms with Gasteiger partial charge in [0.1, 0.15) is 11.5 Å². The van der Waals surface area contributed by atoms with Crippen LogP contribution in [0.4, 0.5) is 0 Å². The van der Waals surface area contributed by atoms with Crippen LogP contribution in [-0.2, 0) is 23.1 Å². The largest absolute Gasteiger partial charge is 0.465 e. The van der Waals surface area contributed by atoms with Gasteiger partial charge in [-0.15, -0.1) is 0 Å². The average molecular weight is 338 g/mol. The van der Waals surface area contributed by atoms with E-state index in [9.17, 15) is 8.42 Å². The van der Waals surface area contributed by atoms with Crippen LogP contribution in [0.2, 0.25) is 0 Å². The van der Waals surface area contributed by atoms with E-state index in [1.54, 1.807) is 24.3 Å². The van der Waals surface area contributed by atoms with Gasteiger partial charge in [-0.2, -0.15) is 4.31 Å². The number of aliphatic hydroxyl groups excluding tert-OH is 1. The van der Waals surface area contributed by atoms with Gasteiger partial charge >= 0.3 is 0 Å². The van der Waals surface area contributed by atoms with Gasteiger partial charge in [-0.05, 0) is 30.7 Å². The molecule has 0 amide bonds. The van der Waals surface area contributed by atoms with Gasteiger partial charge in [0.05, 0.1) is 18.0 Å². The van der Waals surface area contributed by atoms with E-state index in [0.717, 1.165) is 15.8 Å². The van der Waals surface area contributed by atoms with Crippen molar-refractivity contribution in [1.82, 2.24) is 9.62 Å². The molecule has 126 valence electrons. The van der Waals surface area contributed by atoms with Crippen LogP contribution in [0, 0.1) is 6.92 Å². The zero-order chi connectivity index (χ0) is 16.9. The maximum absolute atomic E-state index is 12.5. The summed E-state index contributed by atoms with van der Waals surface area (Å²) in [5.74, 6) is 1.65. The first-order valence-corrected chi connectivity index (χ1v) is 8.80. The van der Waals surface area contributed by atoms with Gasteiger partial charge in [-0.3, -0.25) is 0 Å². The summed E-state index contributed by atoms with van der Waals surface area (Å²) in [5, 5.41) is 12.1. The monoisotopic (exact) mass is 338 g/mol. The van der Waals surface area contributed by atoms with Gasteiger partial charge in [0.15, 0.2) is 0 Å². The molecule has 0 atom stereocenters. The lowest BCUT2D eigenvalue weighted by Crippen LogP contribution is -2.30. The Kier molecular flexibility index (Phi) is 5.95. The Morgan fingerprint density at radius 1 is 1.17 bits per heavy atom. The number of sulfonamides is 1. The highest BCUT2D eigenvalue weighted by Gasteiger charge is 2.22. The van der Waals surface area contributed by atoms with E-state index in [1.165, 1.54) is 7.05 Å². The molecule has 0 aliphatic heterocycles. The van der Waals surface area contributed by atoms with Crippen LogP contribution in [0.5, 0.6) is 0 Å². The Labute approximate surface area is 136 Å². The molecule has 23 heavy (non-hydrogen) atoms. The summed E-state index contributed by atoms with van der Waals surface area (Å²) >= 11 is 0. The van der Waals surface area contributed by atoms with Crippen molar-refractivity contribution in [2.45, 2.75) is 24.9 Å². The maximum Gasteiger partial charge on any atom is 0.243 e. The van der Waals surface area contributed by atoms with Crippen LogP contribution in [0.1, 0.15) is 17.1 Å². The summed E-state index contributed by atoms with van der Waals surface area (Å²) in [6.45, 7) is 2.66. The minimum atomic E-state index is -3.61. The second-order valence-electron chi connectivity index (χ2n) is 5.27. The first-order valence-electron chi connectivity index (χ1n) is 7.36. The van der Waals surface area contributed by atoms with Crippen LogP contribution in [0.15, 0.2) is 45.7 Å². The molecule has 0 aliphatic rings. The van der Waals surface area contributed by atoms with Gasteiger partial charge in [0.2, 0.25) is 10.0 Å². The number of hydrogen-bond donors (Lipinski definition) is 2. The molecule has 1 heterocycles. The van der Waals surface area contributed by atoms with Crippen molar-refractivity contribution in [3.63, 3.8) is 0 Å². The molecule has 7 heteroatoms. The number of aryl methyl sites for hydroxylation is 1. The van der Waals surface area contributed by atoms with Crippen LogP contribution in [0.25, 0.3) is 0 Å². The molecular formula is C16H22N2O4S. The molecular weight excluding hydrogens is 316 g/mol. The zero-order valence-corrected chi connectivity index (χ0v) is 14.1. The van der Waals surface area contributed by atoms with Crippen molar-refractivity contribution in [2.75, 3.05) is 20.2 Å². The summed E-state index contributed by atoms with van der Waals surface area (Å²) in [7, 11) is -2.15. The van der Waals surface area contributed by atoms with E-state index < -0.39 is 10.0 Å². The number of hydrogen-bond acceptors (Lipinski definition) is 5. The van der Waals surface area contributed by atoms with Gasteiger partial charge in [0, 0.05) is 20.1 Å².